The summed E-state index contributed by atoms with van der Waals surface area (Å²) in [7, 11) is 3.69. The molecule has 0 heterocycles. The molecule has 0 aliphatic carbocycles. The van der Waals surface area contributed by atoms with Gasteiger partial charge in [0, 0.05) is 26.3 Å². The maximum atomic E-state index is 13.9. The number of nitrogens with zero attached hydrogens (tertiary/aromatic N) is 1. The largest absolute Gasteiger partial charge is 0.376 e. The molecule has 3 N–H and O–H groups in total. The Balaban J connectivity index is 1.62. The number of benzene rings is 3. The number of amides is 1. The van der Waals surface area contributed by atoms with Crippen LogP contribution >= 0.6 is 12.2 Å². The van der Waals surface area contributed by atoms with Crippen molar-refractivity contribution < 1.29 is 13.6 Å². The second kappa shape index (κ2) is 10.7. The number of halogens is 2. The van der Waals surface area contributed by atoms with Gasteiger partial charge in [0.25, 0.3) is 5.91 Å². The lowest BCUT2D eigenvalue weighted by Gasteiger charge is -2.20. The zero-order valence-corrected chi connectivity index (χ0v) is 18.6. The molecule has 1 amide bonds. The fourth-order valence-corrected chi connectivity index (χ4v) is 3.29. The molecule has 32 heavy (non-hydrogen) atoms. The third-order valence-electron chi connectivity index (χ3n) is 4.72. The molecule has 0 unspecified atom stereocenters. The molecule has 0 radical (unpaired) electrons. The molecule has 3 aromatic carbocycles. The van der Waals surface area contributed by atoms with Gasteiger partial charge >= 0.3 is 0 Å². The van der Waals surface area contributed by atoms with Crippen LogP contribution < -0.4 is 20.9 Å². The van der Waals surface area contributed by atoms with E-state index in [9.17, 15) is 13.6 Å². The Labute approximate surface area is 191 Å². The van der Waals surface area contributed by atoms with Crippen LogP contribution in [-0.2, 0) is 6.42 Å². The quantitative estimate of drug-likeness (QED) is 0.447. The average molecular weight is 455 g/mol. The number of carbonyl (C=O) groups excluding carboxylic acids is 1. The summed E-state index contributed by atoms with van der Waals surface area (Å²) in [5.74, 6) is -1.36. The molecule has 0 aromatic heterocycles. The van der Waals surface area contributed by atoms with Crippen LogP contribution in [0.4, 0.5) is 25.8 Å². The fraction of sp³-hybridized carbons (Fsp3) is 0.167. The number of anilines is 3. The van der Waals surface area contributed by atoms with Crippen LogP contribution in [0.25, 0.3) is 0 Å². The van der Waals surface area contributed by atoms with Crippen molar-refractivity contribution in [2.24, 2.45) is 0 Å². The monoisotopic (exact) mass is 454 g/mol. The standard InChI is InChI=1S/C24H24F2N4OS/c1-30(2)22-15-18(28-24(32)27-14-13-16-7-9-17(25)10-8-16)11-12-21(22)29-23(31)19-5-3-4-6-20(19)26/h3-12,15H,13-14H2,1-2H3,(H,29,31)(H2,27,28,32). The Morgan fingerprint density at radius 3 is 2.38 bits per heavy atom. The van der Waals surface area contributed by atoms with E-state index in [1.807, 2.05) is 25.1 Å². The van der Waals surface area contributed by atoms with Gasteiger partial charge in [-0.1, -0.05) is 24.3 Å². The first kappa shape index (κ1) is 23.1. The molecule has 0 saturated heterocycles. The summed E-state index contributed by atoms with van der Waals surface area (Å²) in [4.78, 5) is 14.3. The molecule has 0 saturated carbocycles. The van der Waals surface area contributed by atoms with Gasteiger partial charge in [0.15, 0.2) is 5.11 Å². The Bertz CT molecular complexity index is 1100. The summed E-state index contributed by atoms with van der Waals surface area (Å²) in [5.41, 5.74) is 2.99. The van der Waals surface area contributed by atoms with E-state index in [1.54, 1.807) is 30.3 Å². The van der Waals surface area contributed by atoms with E-state index in [0.29, 0.717) is 23.8 Å². The second-order valence-electron chi connectivity index (χ2n) is 7.32. The minimum Gasteiger partial charge on any atom is -0.376 e. The highest BCUT2D eigenvalue weighted by Crippen LogP contribution is 2.28. The lowest BCUT2D eigenvalue weighted by Crippen LogP contribution is -2.30. The van der Waals surface area contributed by atoms with Crippen LogP contribution in [0.3, 0.4) is 0 Å². The van der Waals surface area contributed by atoms with Crippen LogP contribution in [0.15, 0.2) is 66.7 Å². The lowest BCUT2D eigenvalue weighted by molar-refractivity contribution is 0.102. The average Bonchev–Trinajstić information content (AvgIpc) is 2.76. The highest BCUT2D eigenvalue weighted by molar-refractivity contribution is 7.80. The Morgan fingerprint density at radius 1 is 0.969 bits per heavy atom. The van der Waals surface area contributed by atoms with E-state index in [0.717, 1.165) is 16.9 Å². The summed E-state index contributed by atoms with van der Waals surface area (Å²) < 4.78 is 26.9. The fourth-order valence-electron chi connectivity index (χ4n) is 3.07. The molecule has 166 valence electrons. The number of hydrogen-bond acceptors (Lipinski definition) is 3. The van der Waals surface area contributed by atoms with E-state index in [4.69, 9.17) is 12.2 Å². The number of carbonyl (C=O) groups is 1. The van der Waals surface area contributed by atoms with E-state index < -0.39 is 11.7 Å². The first-order valence-electron chi connectivity index (χ1n) is 10.00. The second-order valence-corrected chi connectivity index (χ2v) is 7.73. The molecule has 0 spiro atoms. The number of nitrogens with one attached hydrogen (secondary N) is 3. The zero-order chi connectivity index (χ0) is 23.1. The Kier molecular flexibility index (Phi) is 7.72. The molecular weight excluding hydrogens is 430 g/mol. The molecule has 5 nitrogen and oxygen atoms in total. The Hall–Kier alpha value is -3.52. The van der Waals surface area contributed by atoms with Crippen molar-refractivity contribution in [1.82, 2.24) is 5.32 Å². The summed E-state index contributed by atoms with van der Waals surface area (Å²) in [6, 6.07) is 17.5. The molecule has 0 atom stereocenters. The molecular formula is C24H24F2N4OS. The van der Waals surface area contributed by atoms with Crippen molar-refractivity contribution in [3.63, 3.8) is 0 Å². The van der Waals surface area contributed by atoms with Gasteiger partial charge in [0.1, 0.15) is 11.6 Å². The molecule has 0 aliphatic rings. The molecule has 0 bridgehead atoms. The highest BCUT2D eigenvalue weighted by atomic mass is 32.1. The zero-order valence-electron chi connectivity index (χ0n) is 17.8. The molecule has 8 heteroatoms. The van der Waals surface area contributed by atoms with Crippen molar-refractivity contribution in [1.29, 1.82) is 0 Å². The van der Waals surface area contributed by atoms with Crippen LogP contribution in [0, 0.1) is 11.6 Å². The van der Waals surface area contributed by atoms with Crippen LogP contribution in [-0.4, -0.2) is 31.7 Å². The van der Waals surface area contributed by atoms with E-state index in [1.165, 1.54) is 30.3 Å². The smallest absolute Gasteiger partial charge is 0.258 e. The predicted octanol–water partition coefficient (Wildman–Crippen LogP) is 4.81. The van der Waals surface area contributed by atoms with Crippen molar-refractivity contribution in [3.05, 3.63) is 89.5 Å². The minimum atomic E-state index is -0.577. The predicted molar refractivity (Wildman–Crippen MR) is 129 cm³/mol. The van der Waals surface area contributed by atoms with Gasteiger partial charge in [-0.2, -0.15) is 0 Å². The summed E-state index contributed by atoms with van der Waals surface area (Å²) in [6.07, 6.45) is 0.700. The maximum absolute atomic E-state index is 13.9. The normalized spacial score (nSPS) is 10.4. The summed E-state index contributed by atoms with van der Waals surface area (Å²) in [5, 5.41) is 9.44. The molecule has 3 rings (SSSR count). The number of thiocarbonyl (C=S) groups is 1. The van der Waals surface area contributed by atoms with Gasteiger partial charge in [0.2, 0.25) is 0 Å². The van der Waals surface area contributed by atoms with Crippen LogP contribution in [0.1, 0.15) is 15.9 Å². The first-order valence-corrected chi connectivity index (χ1v) is 10.4. The lowest BCUT2D eigenvalue weighted by atomic mass is 10.1. The maximum Gasteiger partial charge on any atom is 0.258 e. The van der Waals surface area contributed by atoms with Crippen molar-refractivity contribution in [3.8, 4) is 0 Å². The molecule has 0 aliphatic heterocycles. The summed E-state index contributed by atoms with van der Waals surface area (Å²) >= 11 is 5.35. The minimum absolute atomic E-state index is 0.0223. The van der Waals surface area contributed by atoms with Crippen LogP contribution in [0.2, 0.25) is 0 Å². The van der Waals surface area contributed by atoms with E-state index >= 15 is 0 Å². The van der Waals surface area contributed by atoms with Crippen LogP contribution in [0.5, 0.6) is 0 Å². The van der Waals surface area contributed by atoms with Gasteiger partial charge in [0.05, 0.1) is 16.9 Å². The van der Waals surface area contributed by atoms with Gasteiger partial charge in [-0.3, -0.25) is 4.79 Å². The third-order valence-corrected chi connectivity index (χ3v) is 4.96. The van der Waals surface area contributed by atoms with E-state index in [-0.39, 0.29) is 11.4 Å². The molecule has 3 aromatic rings. The SMILES string of the molecule is CN(C)c1cc(NC(=S)NCCc2ccc(F)cc2)ccc1NC(=O)c1ccccc1F. The van der Waals surface area contributed by atoms with Crippen molar-refractivity contribution >= 4 is 40.3 Å². The summed E-state index contributed by atoms with van der Waals surface area (Å²) in [6.45, 7) is 0.592. The van der Waals surface area contributed by atoms with Gasteiger partial charge in [-0.15, -0.1) is 0 Å². The Morgan fingerprint density at radius 2 is 1.69 bits per heavy atom. The van der Waals surface area contributed by atoms with Gasteiger partial charge in [-0.05, 0) is 66.7 Å². The van der Waals surface area contributed by atoms with E-state index in [2.05, 4.69) is 16.0 Å². The topological polar surface area (TPSA) is 56.4 Å². The highest BCUT2D eigenvalue weighted by Gasteiger charge is 2.14. The number of hydrogen-bond donors (Lipinski definition) is 3. The van der Waals surface area contributed by atoms with Crippen molar-refractivity contribution in [2.45, 2.75) is 6.42 Å². The first-order chi connectivity index (χ1) is 15.3. The number of rotatable bonds is 7. The third kappa shape index (κ3) is 6.24. The van der Waals surface area contributed by atoms with Gasteiger partial charge in [-0.25, -0.2) is 8.78 Å². The van der Waals surface area contributed by atoms with Gasteiger partial charge < -0.3 is 20.9 Å². The van der Waals surface area contributed by atoms with Crippen molar-refractivity contribution in [2.75, 3.05) is 36.2 Å². The molecule has 0 fully saturated rings.